The van der Waals surface area contributed by atoms with Gasteiger partial charge in [0.25, 0.3) is 0 Å². The van der Waals surface area contributed by atoms with Gasteiger partial charge in [-0.25, -0.2) is 9.97 Å². The third kappa shape index (κ3) is 3.40. The van der Waals surface area contributed by atoms with Gasteiger partial charge in [0.15, 0.2) is 0 Å². The highest BCUT2D eigenvalue weighted by atomic mass is 16.5. The Kier molecular flexibility index (Phi) is 5.30. The van der Waals surface area contributed by atoms with E-state index in [0.29, 0.717) is 18.1 Å². The molecule has 4 rings (SSSR count). The molecule has 1 heterocycles. The van der Waals surface area contributed by atoms with Crippen LogP contribution in [0.25, 0.3) is 5.57 Å². The number of aromatic nitrogens is 2. The van der Waals surface area contributed by atoms with Crippen LogP contribution in [-0.4, -0.2) is 41.1 Å². The van der Waals surface area contributed by atoms with Crippen molar-refractivity contribution in [2.75, 3.05) is 14.1 Å². The molecule has 4 nitrogen and oxygen atoms in total. The Morgan fingerprint density at radius 3 is 2.65 bits per heavy atom. The molecule has 0 spiro atoms. The van der Waals surface area contributed by atoms with Gasteiger partial charge in [0.2, 0.25) is 5.88 Å². The summed E-state index contributed by atoms with van der Waals surface area (Å²) in [7, 11) is 4.38. The summed E-state index contributed by atoms with van der Waals surface area (Å²) in [6, 6.07) is 0.702. The van der Waals surface area contributed by atoms with Gasteiger partial charge in [-0.1, -0.05) is 25.3 Å². The zero-order valence-electron chi connectivity index (χ0n) is 16.6. The second-order valence-electron chi connectivity index (χ2n) is 8.58. The number of hydrogen-bond acceptors (Lipinski definition) is 4. The number of unbranched alkanes of at least 4 members (excludes halogenated alkanes) is 1. The van der Waals surface area contributed by atoms with E-state index in [1.807, 2.05) is 0 Å². The van der Waals surface area contributed by atoms with Crippen LogP contribution in [-0.2, 0) is 6.42 Å². The first-order valence-electron chi connectivity index (χ1n) is 10.6. The Bertz CT molecular complexity index is 674. The first-order valence-corrected chi connectivity index (χ1v) is 10.6. The number of rotatable bonds is 6. The van der Waals surface area contributed by atoms with Gasteiger partial charge in [-0.15, -0.1) is 0 Å². The van der Waals surface area contributed by atoms with Crippen LogP contribution in [0, 0.1) is 5.92 Å². The number of fused-ring (bicyclic) bond motifs is 2. The summed E-state index contributed by atoms with van der Waals surface area (Å²) in [6.07, 6.45) is 14.2. The molecule has 1 aromatic heterocycles. The van der Waals surface area contributed by atoms with E-state index in [-0.39, 0.29) is 0 Å². The van der Waals surface area contributed by atoms with Gasteiger partial charge in [-0.2, -0.15) is 0 Å². The summed E-state index contributed by atoms with van der Waals surface area (Å²) < 4.78 is 6.48. The molecule has 1 atom stereocenters. The smallest absolute Gasteiger partial charge is 0.224 e. The molecule has 0 N–H and O–H groups in total. The van der Waals surface area contributed by atoms with Crippen LogP contribution in [0.1, 0.15) is 76.0 Å². The lowest BCUT2D eigenvalue weighted by Gasteiger charge is -2.32. The maximum atomic E-state index is 6.48. The lowest BCUT2D eigenvalue weighted by atomic mass is 9.91. The Morgan fingerprint density at radius 1 is 1.12 bits per heavy atom. The van der Waals surface area contributed by atoms with E-state index in [1.165, 1.54) is 56.2 Å². The van der Waals surface area contributed by atoms with E-state index < -0.39 is 0 Å². The van der Waals surface area contributed by atoms with Crippen molar-refractivity contribution in [3.05, 3.63) is 23.2 Å². The zero-order chi connectivity index (χ0) is 18.1. The van der Waals surface area contributed by atoms with Gasteiger partial charge in [0.1, 0.15) is 12.4 Å². The standard InChI is InChI=1S/C22H33N3O/c1-4-5-6-15-7-8-16-13-19-21(20(15)16)22(24-14-23-19)26-18-11-9-17(10-12-18)25(2)3/h14-15,17-18H,4-13H2,1-3H3. The molecule has 3 aliphatic rings. The Balaban J connectivity index is 1.51. The lowest BCUT2D eigenvalue weighted by Crippen LogP contribution is -2.35. The fraction of sp³-hybridized carbons (Fsp3) is 0.727. The minimum Gasteiger partial charge on any atom is -0.474 e. The van der Waals surface area contributed by atoms with Gasteiger partial charge in [0, 0.05) is 12.5 Å². The van der Waals surface area contributed by atoms with Crippen molar-refractivity contribution in [3.63, 3.8) is 0 Å². The fourth-order valence-electron chi connectivity index (χ4n) is 5.16. The number of nitrogens with zero attached hydrogens (tertiary/aromatic N) is 3. The monoisotopic (exact) mass is 355 g/mol. The lowest BCUT2D eigenvalue weighted by molar-refractivity contribution is 0.107. The first-order chi connectivity index (χ1) is 12.7. The fourth-order valence-corrected chi connectivity index (χ4v) is 5.16. The van der Waals surface area contributed by atoms with E-state index in [1.54, 1.807) is 17.5 Å². The third-order valence-electron chi connectivity index (χ3n) is 6.68. The summed E-state index contributed by atoms with van der Waals surface area (Å²) in [6.45, 7) is 2.29. The van der Waals surface area contributed by atoms with Crippen molar-refractivity contribution < 1.29 is 4.74 Å². The second-order valence-corrected chi connectivity index (χ2v) is 8.58. The molecule has 26 heavy (non-hydrogen) atoms. The van der Waals surface area contributed by atoms with Crippen LogP contribution in [0.15, 0.2) is 11.9 Å². The van der Waals surface area contributed by atoms with Crippen molar-refractivity contribution in [2.45, 2.75) is 83.3 Å². The molecule has 0 radical (unpaired) electrons. The molecule has 3 aliphatic carbocycles. The highest BCUT2D eigenvalue weighted by Crippen LogP contribution is 2.50. The van der Waals surface area contributed by atoms with Crippen molar-refractivity contribution in [1.29, 1.82) is 0 Å². The maximum absolute atomic E-state index is 6.48. The molecule has 1 unspecified atom stereocenters. The Labute approximate surface area is 158 Å². The third-order valence-corrected chi connectivity index (χ3v) is 6.68. The number of hydrogen-bond donors (Lipinski definition) is 0. The SMILES string of the molecule is CCCCC1CCC2=C1c1c(ncnc1OC1CCC(N(C)C)CC1)C2. The van der Waals surface area contributed by atoms with E-state index in [4.69, 9.17) is 4.74 Å². The quantitative estimate of drug-likeness (QED) is 0.745. The van der Waals surface area contributed by atoms with Crippen LogP contribution in [0.4, 0.5) is 0 Å². The van der Waals surface area contributed by atoms with E-state index in [9.17, 15) is 0 Å². The highest BCUT2D eigenvalue weighted by molar-refractivity contribution is 5.81. The Morgan fingerprint density at radius 2 is 1.92 bits per heavy atom. The number of ether oxygens (including phenoxy) is 1. The number of allylic oxidation sites excluding steroid dienone is 2. The van der Waals surface area contributed by atoms with Crippen molar-refractivity contribution >= 4 is 5.57 Å². The van der Waals surface area contributed by atoms with Gasteiger partial charge in [-0.3, -0.25) is 0 Å². The minimum atomic E-state index is 0.311. The van der Waals surface area contributed by atoms with Crippen LogP contribution in [0.5, 0.6) is 5.88 Å². The highest BCUT2D eigenvalue weighted by Gasteiger charge is 2.36. The average molecular weight is 356 g/mol. The van der Waals surface area contributed by atoms with Crippen LogP contribution >= 0.6 is 0 Å². The molecule has 4 heteroatoms. The zero-order valence-corrected chi connectivity index (χ0v) is 16.6. The summed E-state index contributed by atoms with van der Waals surface area (Å²) in [5.74, 6) is 1.57. The molecule has 0 aliphatic heterocycles. The molecule has 0 saturated heterocycles. The normalized spacial score (nSPS) is 27.8. The molecule has 142 valence electrons. The van der Waals surface area contributed by atoms with Crippen molar-refractivity contribution in [2.24, 2.45) is 5.92 Å². The molecule has 1 aromatic rings. The predicted octanol–water partition coefficient (Wildman–Crippen LogP) is 4.64. The summed E-state index contributed by atoms with van der Waals surface area (Å²) >= 11 is 0. The molecule has 0 bridgehead atoms. The maximum Gasteiger partial charge on any atom is 0.224 e. The van der Waals surface area contributed by atoms with Crippen molar-refractivity contribution in [1.82, 2.24) is 14.9 Å². The minimum absolute atomic E-state index is 0.311. The summed E-state index contributed by atoms with van der Waals surface area (Å²) in [4.78, 5) is 11.6. The molecule has 0 aromatic carbocycles. The van der Waals surface area contributed by atoms with Crippen LogP contribution < -0.4 is 4.74 Å². The molecular formula is C22H33N3O. The predicted molar refractivity (Wildman–Crippen MR) is 105 cm³/mol. The molecule has 1 saturated carbocycles. The Hall–Kier alpha value is -1.42. The van der Waals surface area contributed by atoms with Crippen LogP contribution in [0.3, 0.4) is 0 Å². The van der Waals surface area contributed by atoms with Gasteiger partial charge in [-0.05, 0) is 70.5 Å². The van der Waals surface area contributed by atoms with Gasteiger partial charge >= 0.3 is 0 Å². The van der Waals surface area contributed by atoms with E-state index in [2.05, 4.69) is 35.9 Å². The topological polar surface area (TPSA) is 38.3 Å². The largest absolute Gasteiger partial charge is 0.474 e. The molecular weight excluding hydrogens is 322 g/mol. The second kappa shape index (κ2) is 7.67. The van der Waals surface area contributed by atoms with Crippen LogP contribution in [0.2, 0.25) is 0 Å². The molecule has 1 fully saturated rings. The summed E-state index contributed by atoms with van der Waals surface area (Å²) in [5, 5.41) is 0. The van der Waals surface area contributed by atoms with Gasteiger partial charge < -0.3 is 9.64 Å². The average Bonchev–Trinajstić information content (AvgIpc) is 3.20. The van der Waals surface area contributed by atoms with Gasteiger partial charge in [0.05, 0.1) is 11.3 Å². The van der Waals surface area contributed by atoms with E-state index >= 15 is 0 Å². The molecule has 0 amide bonds. The van der Waals surface area contributed by atoms with Crippen molar-refractivity contribution in [3.8, 4) is 5.88 Å². The first kappa shape index (κ1) is 18.0. The summed E-state index contributed by atoms with van der Waals surface area (Å²) in [5.41, 5.74) is 5.66. The van der Waals surface area contributed by atoms with E-state index in [0.717, 1.165) is 25.1 Å².